The number of para-hydroxylation sites is 1. The van der Waals surface area contributed by atoms with Gasteiger partial charge in [0.25, 0.3) is 5.91 Å². The summed E-state index contributed by atoms with van der Waals surface area (Å²) in [5.74, 6) is 0.425. The lowest BCUT2D eigenvalue weighted by Gasteiger charge is -2.13. The lowest BCUT2D eigenvalue weighted by atomic mass is 10.1. The fourth-order valence-corrected chi connectivity index (χ4v) is 2.73. The fraction of sp³-hybridized carbons (Fsp3) is 0.143. The number of nitrogens with zero attached hydrogens (tertiary/aromatic N) is 1. The number of pyridine rings is 1. The van der Waals surface area contributed by atoms with Crippen molar-refractivity contribution < 1.29 is 22.7 Å². The van der Waals surface area contributed by atoms with Crippen LogP contribution in [0.3, 0.4) is 0 Å². The molecule has 0 saturated heterocycles. The zero-order chi connectivity index (χ0) is 20.9. The summed E-state index contributed by atoms with van der Waals surface area (Å²) in [5, 5.41) is 5.56. The second kappa shape index (κ2) is 8.64. The Bertz CT molecular complexity index is 1010. The molecule has 3 aromatic rings. The van der Waals surface area contributed by atoms with Crippen molar-refractivity contribution in [2.24, 2.45) is 0 Å². The molecule has 0 aliphatic carbocycles. The first kappa shape index (κ1) is 20.2. The molecule has 2 aromatic carbocycles. The van der Waals surface area contributed by atoms with E-state index >= 15 is 0 Å². The van der Waals surface area contributed by atoms with Crippen LogP contribution in [0, 0.1) is 0 Å². The minimum Gasteiger partial charge on any atom is -0.496 e. The Morgan fingerprint density at radius 3 is 2.62 bits per heavy atom. The molecule has 1 heterocycles. The van der Waals surface area contributed by atoms with Crippen molar-refractivity contribution in [3.05, 3.63) is 83.6 Å². The summed E-state index contributed by atoms with van der Waals surface area (Å²) in [6, 6.07) is 15.0. The van der Waals surface area contributed by atoms with E-state index in [9.17, 15) is 18.0 Å². The highest BCUT2D eigenvalue weighted by molar-refractivity contribution is 6.07. The van der Waals surface area contributed by atoms with Gasteiger partial charge < -0.3 is 15.4 Å². The summed E-state index contributed by atoms with van der Waals surface area (Å²) in [6.07, 6.45) is -2.97. The molecule has 150 valence electrons. The Hall–Kier alpha value is -3.55. The van der Waals surface area contributed by atoms with E-state index in [0.29, 0.717) is 18.1 Å². The highest BCUT2D eigenvalue weighted by atomic mass is 19.4. The first-order valence-corrected chi connectivity index (χ1v) is 8.68. The summed E-state index contributed by atoms with van der Waals surface area (Å²) in [5.41, 5.74) is 0.282. The third kappa shape index (κ3) is 5.04. The molecular weight excluding hydrogens is 383 g/mol. The van der Waals surface area contributed by atoms with Gasteiger partial charge in [-0.1, -0.05) is 24.3 Å². The average Bonchev–Trinajstić information content (AvgIpc) is 2.72. The largest absolute Gasteiger partial charge is 0.496 e. The Kier molecular flexibility index (Phi) is 6.01. The minimum atomic E-state index is -4.49. The molecule has 2 N–H and O–H groups in total. The number of hydrogen-bond donors (Lipinski definition) is 2. The van der Waals surface area contributed by atoms with Crippen molar-refractivity contribution in [3.63, 3.8) is 0 Å². The van der Waals surface area contributed by atoms with Gasteiger partial charge in [-0.2, -0.15) is 13.2 Å². The highest BCUT2D eigenvalue weighted by Crippen LogP contribution is 2.31. The fourth-order valence-electron chi connectivity index (χ4n) is 2.73. The van der Waals surface area contributed by atoms with Crippen LogP contribution in [0.25, 0.3) is 0 Å². The first-order chi connectivity index (χ1) is 13.9. The van der Waals surface area contributed by atoms with Crippen LogP contribution in [0.5, 0.6) is 5.75 Å². The number of carbonyl (C=O) groups is 1. The van der Waals surface area contributed by atoms with Crippen molar-refractivity contribution in [2.45, 2.75) is 12.7 Å². The van der Waals surface area contributed by atoms with E-state index in [1.807, 2.05) is 24.3 Å². The number of rotatable bonds is 6. The molecule has 0 bridgehead atoms. The second-order valence-corrected chi connectivity index (χ2v) is 6.10. The number of halogens is 3. The van der Waals surface area contributed by atoms with Gasteiger partial charge in [0.2, 0.25) is 0 Å². The predicted molar refractivity (Wildman–Crippen MR) is 104 cm³/mol. The van der Waals surface area contributed by atoms with Crippen molar-refractivity contribution >= 4 is 17.4 Å². The molecule has 0 atom stereocenters. The molecule has 0 aliphatic heterocycles. The molecule has 1 amide bonds. The summed E-state index contributed by atoms with van der Waals surface area (Å²) < 4.78 is 43.9. The standard InChI is InChI=1S/C21H18F3N3O2/c1-29-18-10-3-2-6-14(18)13-26-19-17(9-5-11-25-19)20(28)27-16-8-4-7-15(12-16)21(22,23)24/h2-12H,13H2,1H3,(H,25,26)(H,27,28). The highest BCUT2D eigenvalue weighted by Gasteiger charge is 2.30. The Morgan fingerprint density at radius 1 is 1.07 bits per heavy atom. The van der Waals surface area contributed by atoms with Gasteiger partial charge >= 0.3 is 6.18 Å². The number of carbonyl (C=O) groups excluding carboxylic acids is 1. The number of anilines is 2. The Morgan fingerprint density at radius 2 is 1.86 bits per heavy atom. The average molecular weight is 401 g/mol. The van der Waals surface area contributed by atoms with Crippen LogP contribution in [0.1, 0.15) is 21.5 Å². The van der Waals surface area contributed by atoms with E-state index in [1.54, 1.807) is 19.2 Å². The maximum atomic E-state index is 12.9. The van der Waals surface area contributed by atoms with Gasteiger partial charge in [-0.25, -0.2) is 4.98 Å². The Balaban J connectivity index is 1.77. The third-order valence-electron chi connectivity index (χ3n) is 4.14. The van der Waals surface area contributed by atoms with Gasteiger partial charge in [0.05, 0.1) is 18.2 Å². The molecular formula is C21H18F3N3O2. The maximum absolute atomic E-state index is 12.9. The molecule has 1 aromatic heterocycles. The molecule has 5 nitrogen and oxygen atoms in total. The van der Waals surface area contributed by atoms with Crippen molar-refractivity contribution in [1.82, 2.24) is 4.98 Å². The molecule has 0 radical (unpaired) electrons. The quantitative estimate of drug-likeness (QED) is 0.612. The van der Waals surface area contributed by atoms with Crippen LogP contribution in [-0.4, -0.2) is 18.0 Å². The zero-order valence-corrected chi connectivity index (χ0v) is 15.5. The minimum absolute atomic E-state index is 0.0457. The topological polar surface area (TPSA) is 63.2 Å². The number of alkyl halides is 3. The van der Waals surface area contributed by atoms with Gasteiger partial charge in [0.1, 0.15) is 11.6 Å². The Labute approximate surface area is 165 Å². The lowest BCUT2D eigenvalue weighted by Crippen LogP contribution is -2.16. The van der Waals surface area contributed by atoms with Gasteiger partial charge in [-0.05, 0) is 36.4 Å². The smallest absolute Gasteiger partial charge is 0.416 e. The number of aromatic nitrogens is 1. The zero-order valence-electron chi connectivity index (χ0n) is 15.5. The molecule has 3 rings (SSSR count). The third-order valence-corrected chi connectivity index (χ3v) is 4.14. The SMILES string of the molecule is COc1ccccc1CNc1ncccc1C(=O)Nc1cccc(C(F)(F)F)c1. The van der Waals surface area contributed by atoms with E-state index in [4.69, 9.17) is 4.74 Å². The van der Waals surface area contributed by atoms with Crippen molar-refractivity contribution in [1.29, 1.82) is 0 Å². The lowest BCUT2D eigenvalue weighted by molar-refractivity contribution is -0.137. The van der Waals surface area contributed by atoms with Crippen LogP contribution >= 0.6 is 0 Å². The van der Waals surface area contributed by atoms with Gasteiger partial charge in [0.15, 0.2) is 0 Å². The van der Waals surface area contributed by atoms with Gasteiger partial charge in [-0.15, -0.1) is 0 Å². The van der Waals surface area contributed by atoms with E-state index < -0.39 is 17.6 Å². The van der Waals surface area contributed by atoms with Crippen molar-refractivity contribution in [2.75, 3.05) is 17.7 Å². The molecule has 0 saturated carbocycles. The van der Waals surface area contributed by atoms with Crippen LogP contribution in [0.15, 0.2) is 66.9 Å². The second-order valence-electron chi connectivity index (χ2n) is 6.10. The molecule has 0 spiro atoms. The number of amides is 1. The van der Waals surface area contributed by atoms with Crippen LogP contribution < -0.4 is 15.4 Å². The van der Waals surface area contributed by atoms with E-state index in [-0.39, 0.29) is 11.3 Å². The summed E-state index contributed by atoms with van der Waals surface area (Å²) in [7, 11) is 1.56. The van der Waals surface area contributed by atoms with E-state index in [0.717, 1.165) is 17.7 Å². The molecule has 0 aliphatic rings. The molecule has 0 fully saturated rings. The van der Waals surface area contributed by atoms with Crippen LogP contribution in [-0.2, 0) is 12.7 Å². The molecule has 29 heavy (non-hydrogen) atoms. The predicted octanol–water partition coefficient (Wildman–Crippen LogP) is 4.97. The first-order valence-electron chi connectivity index (χ1n) is 8.68. The molecule has 8 heteroatoms. The number of methoxy groups -OCH3 is 1. The number of benzene rings is 2. The van der Waals surface area contributed by atoms with E-state index in [1.165, 1.54) is 18.3 Å². The monoisotopic (exact) mass is 401 g/mol. The molecule has 0 unspecified atom stereocenters. The van der Waals surface area contributed by atoms with Crippen molar-refractivity contribution in [3.8, 4) is 5.75 Å². The van der Waals surface area contributed by atoms with E-state index in [2.05, 4.69) is 15.6 Å². The summed E-state index contributed by atoms with van der Waals surface area (Å²) >= 11 is 0. The van der Waals surface area contributed by atoms with Crippen LogP contribution in [0.2, 0.25) is 0 Å². The summed E-state index contributed by atoms with van der Waals surface area (Å²) in [6.45, 7) is 0.352. The summed E-state index contributed by atoms with van der Waals surface area (Å²) in [4.78, 5) is 16.8. The van der Waals surface area contributed by atoms with Gasteiger partial charge in [-0.3, -0.25) is 4.79 Å². The number of nitrogens with one attached hydrogen (secondary N) is 2. The normalized spacial score (nSPS) is 11.0. The number of ether oxygens (including phenoxy) is 1. The maximum Gasteiger partial charge on any atom is 0.416 e. The van der Waals surface area contributed by atoms with Gasteiger partial charge in [0, 0.05) is 24.0 Å². The number of hydrogen-bond acceptors (Lipinski definition) is 4. The van der Waals surface area contributed by atoms with Crippen LogP contribution in [0.4, 0.5) is 24.7 Å².